The molecule has 2 fully saturated rings. The highest BCUT2D eigenvalue weighted by atomic mass is 16.6. The lowest BCUT2D eigenvalue weighted by Crippen LogP contribution is -2.50. The monoisotopic (exact) mass is 409 g/mol. The van der Waals surface area contributed by atoms with Gasteiger partial charge in [0.2, 0.25) is 5.91 Å². The first-order valence-corrected chi connectivity index (χ1v) is 11.6. The summed E-state index contributed by atoms with van der Waals surface area (Å²) >= 11 is 0. The van der Waals surface area contributed by atoms with Crippen molar-refractivity contribution in [3.05, 3.63) is 0 Å². The summed E-state index contributed by atoms with van der Waals surface area (Å²) in [5, 5.41) is 3.27. The van der Waals surface area contributed by atoms with Crippen LogP contribution in [0, 0.1) is 11.8 Å². The summed E-state index contributed by atoms with van der Waals surface area (Å²) in [5.41, 5.74) is -0.489. The molecule has 0 bridgehead atoms. The summed E-state index contributed by atoms with van der Waals surface area (Å²) < 4.78 is 5.60. The van der Waals surface area contributed by atoms with Crippen LogP contribution in [0.4, 0.5) is 4.79 Å². The van der Waals surface area contributed by atoms with Crippen molar-refractivity contribution in [2.45, 2.75) is 97.8 Å². The third-order valence-corrected chi connectivity index (χ3v) is 6.13. The highest BCUT2D eigenvalue weighted by Gasteiger charge is 2.30. The van der Waals surface area contributed by atoms with E-state index in [-0.39, 0.29) is 18.0 Å². The number of amides is 2. The fourth-order valence-electron chi connectivity index (χ4n) is 4.53. The number of likely N-dealkylation sites (tertiary alicyclic amines) is 1. The van der Waals surface area contributed by atoms with Crippen LogP contribution in [-0.4, -0.2) is 65.7 Å². The molecule has 1 N–H and O–H groups in total. The first-order chi connectivity index (χ1) is 13.5. The van der Waals surface area contributed by atoms with E-state index in [1.165, 1.54) is 19.3 Å². The predicted molar refractivity (Wildman–Crippen MR) is 117 cm³/mol. The molecule has 0 spiro atoms. The maximum absolute atomic E-state index is 12.6. The maximum Gasteiger partial charge on any atom is 0.410 e. The molecule has 0 aromatic carbocycles. The lowest BCUT2D eigenvalue weighted by Gasteiger charge is -2.37. The smallest absolute Gasteiger partial charge is 0.410 e. The lowest BCUT2D eigenvalue weighted by atomic mass is 9.86. The van der Waals surface area contributed by atoms with Gasteiger partial charge in [-0.05, 0) is 78.7 Å². The first kappa shape index (κ1) is 24.0. The Morgan fingerprint density at radius 2 is 1.83 bits per heavy atom. The quantitative estimate of drug-likeness (QED) is 0.719. The van der Waals surface area contributed by atoms with Crippen LogP contribution in [0.2, 0.25) is 0 Å². The molecule has 3 atom stereocenters. The van der Waals surface area contributed by atoms with Gasteiger partial charge in [0.1, 0.15) is 5.60 Å². The number of piperidine rings is 1. The van der Waals surface area contributed by atoms with E-state index >= 15 is 0 Å². The van der Waals surface area contributed by atoms with Crippen molar-refractivity contribution in [1.29, 1.82) is 0 Å². The molecule has 168 valence electrons. The average molecular weight is 410 g/mol. The summed E-state index contributed by atoms with van der Waals surface area (Å²) in [6.45, 7) is 15.0. The number of carbonyl (C=O) groups excluding carboxylic acids is 2. The second-order valence-corrected chi connectivity index (χ2v) is 10.4. The van der Waals surface area contributed by atoms with Crippen molar-refractivity contribution in [3.8, 4) is 0 Å². The molecule has 1 aliphatic carbocycles. The van der Waals surface area contributed by atoms with E-state index in [1.54, 1.807) is 0 Å². The Labute approximate surface area is 177 Å². The van der Waals surface area contributed by atoms with Crippen LogP contribution in [-0.2, 0) is 9.53 Å². The van der Waals surface area contributed by atoms with E-state index in [9.17, 15) is 9.59 Å². The maximum atomic E-state index is 12.6. The van der Waals surface area contributed by atoms with Crippen LogP contribution >= 0.6 is 0 Å². The normalized spacial score (nSPS) is 26.2. The van der Waals surface area contributed by atoms with Gasteiger partial charge in [0.15, 0.2) is 0 Å². The fraction of sp³-hybridized carbons (Fsp3) is 0.913. The Morgan fingerprint density at radius 1 is 1.14 bits per heavy atom. The third-order valence-electron chi connectivity index (χ3n) is 6.13. The molecule has 0 radical (unpaired) electrons. The summed E-state index contributed by atoms with van der Waals surface area (Å²) in [4.78, 5) is 29.3. The van der Waals surface area contributed by atoms with Gasteiger partial charge in [0.25, 0.3) is 0 Å². The first-order valence-electron chi connectivity index (χ1n) is 11.6. The van der Waals surface area contributed by atoms with Gasteiger partial charge in [-0.1, -0.05) is 19.8 Å². The van der Waals surface area contributed by atoms with Gasteiger partial charge in [-0.15, -0.1) is 0 Å². The molecule has 0 aromatic heterocycles. The molecule has 1 saturated heterocycles. The number of hydrogen-bond acceptors (Lipinski definition) is 4. The molecule has 6 heteroatoms. The molecule has 2 rings (SSSR count). The number of nitrogens with one attached hydrogen (secondary N) is 1. The fourth-order valence-corrected chi connectivity index (χ4v) is 4.53. The molecule has 2 amide bonds. The van der Waals surface area contributed by atoms with Gasteiger partial charge < -0.3 is 15.0 Å². The SMILES string of the molecule is CC1CCCCC1NC(=O)CN1CCCC(CN(C(=O)OC(C)(C)C)C(C)C)C1. The Balaban J connectivity index is 1.85. The minimum absolute atomic E-state index is 0.0938. The standard InChI is InChI=1S/C23H43N3O3/c1-17(2)26(22(28)29-23(4,5)6)15-19-11-9-13-25(14-19)16-21(27)24-20-12-8-7-10-18(20)3/h17-20H,7-16H2,1-6H3,(H,24,27). The van der Waals surface area contributed by atoms with Crippen molar-refractivity contribution in [2.24, 2.45) is 11.8 Å². The van der Waals surface area contributed by atoms with Crippen LogP contribution in [0.1, 0.15) is 80.1 Å². The highest BCUT2D eigenvalue weighted by Crippen LogP contribution is 2.24. The van der Waals surface area contributed by atoms with Crippen molar-refractivity contribution < 1.29 is 14.3 Å². The Kier molecular flexibility index (Phi) is 8.80. The Bertz CT molecular complexity index is 544. The number of rotatable bonds is 6. The largest absolute Gasteiger partial charge is 0.444 e. The van der Waals surface area contributed by atoms with Crippen molar-refractivity contribution in [1.82, 2.24) is 15.1 Å². The number of ether oxygens (including phenoxy) is 1. The predicted octanol–water partition coefficient (Wildman–Crippen LogP) is 4.04. The second kappa shape index (κ2) is 10.6. The highest BCUT2D eigenvalue weighted by molar-refractivity contribution is 5.78. The van der Waals surface area contributed by atoms with E-state index in [0.29, 0.717) is 31.0 Å². The molecule has 3 unspecified atom stereocenters. The van der Waals surface area contributed by atoms with E-state index in [4.69, 9.17) is 4.74 Å². The Hall–Kier alpha value is -1.30. The van der Waals surface area contributed by atoms with Crippen LogP contribution in [0.5, 0.6) is 0 Å². The van der Waals surface area contributed by atoms with E-state index in [0.717, 1.165) is 32.4 Å². The molecule has 1 saturated carbocycles. The van der Waals surface area contributed by atoms with Gasteiger partial charge in [-0.2, -0.15) is 0 Å². The van der Waals surface area contributed by atoms with Crippen molar-refractivity contribution in [3.63, 3.8) is 0 Å². The number of carbonyl (C=O) groups is 2. The van der Waals surface area contributed by atoms with Gasteiger partial charge >= 0.3 is 6.09 Å². The van der Waals surface area contributed by atoms with Crippen LogP contribution in [0.3, 0.4) is 0 Å². The van der Waals surface area contributed by atoms with Crippen molar-refractivity contribution in [2.75, 3.05) is 26.2 Å². The summed E-state index contributed by atoms with van der Waals surface area (Å²) in [6, 6.07) is 0.428. The number of hydrogen-bond donors (Lipinski definition) is 1. The molecular weight excluding hydrogens is 366 g/mol. The molecule has 29 heavy (non-hydrogen) atoms. The van der Waals surface area contributed by atoms with Gasteiger partial charge in [0.05, 0.1) is 6.54 Å². The molecule has 1 heterocycles. The summed E-state index contributed by atoms with van der Waals surface area (Å²) in [5.74, 6) is 1.10. The molecule has 0 aromatic rings. The zero-order chi connectivity index (χ0) is 21.6. The molecule has 2 aliphatic rings. The van der Waals surface area contributed by atoms with E-state index < -0.39 is 5.60 Å². The third kappa shape index (κ3) is 8.15. The van der Waals surface area contributed by atoms with Crippen LogP contribution in [0.25, 0.3) is 0 Å². The van der Waals surface area contributed by atoms with Gasteiger partial charge in [-0.25, -0.2) is 4.79 Å². The topological polar surface area (TPSA) is 61.9 Å². The lowest BCUT2D eigenvalue weighted by molar-refractivity contribution is -0.124. The molecule has 1 aliphatic heterocycles. The number of nitrogens with zero attached hydrogens (tertiary/aromatic N) is 2. The van der Waals surface area contributed by atoms with E-state index in [2.05, 4.69) is 17.1 Å². The zero-order valence-electron chi connectivity index (χ0n) is 19.5. The second-order valence-electron chi connectivity index (χ2n) is 10.4. The minimum Gasteiger partial charge on any atom is -0.444 e. The van der Waals surface area contributed by atoms with Gasteiger partial charge in [0, 0.05) is 25.2 Å². The van der Waals surface area contributed by atoms with E-state index in [1.807, 2.05) is 39.5 Å². The summed E-state index contributed by atoms with van der Waals surface area (Å²) in [7, 11) is 0. The summed E-state index contributed by atoms with van der Waals surface area (Å²) in [6.07, 6.45) is 6.74. The van der Waals surface area contributed by atoms with Crippen LogP contribution in [0.15, 0.2) is 0 Å². The van der Waals surface area contributed by atoms with Gasteiger partial charge in [-0.3, -0.25) is 9.69 Å². The van der Waals surface area contributed by atoms with Crippen LogP contribution < -0.4 is 5.32 Å². The molecule has 6 nitrogen and oxygen atoms in total. The van der Waals surface area contributed by atoms with Crippen molar-refractivity contribution >= 4 is 12.0 Å². The average Bonchev–Trinajstić information content (AvgIpc) is 2.60. The minimum atomic E-state index is -0.489. The Morgan fingerprint density at radius 3 is 2.45 bits per heavy atom. The molecular formula is C23H43N3O3. The zero-order valence-corrected chi connectivity index (χ0v) is 19.5.